The van der Waals surface area contributed by atoms with Gasteiger partial charge >= 0.3 is 0 Å². The first-order valence-corrected chi connectivity index (χ1v) is 11.6. The Balaban J connectivity index is 1.77. The third-order valence-electron chi connectivity index (χ3n) is 6.59. The Kier molecular flexibility index (Phi) is 6.35. The van der Waals surface area contributed by atoms with Crippen molar-refractivity contribution in [3.63, 3.8) is 0 Å². The Morgan fingerprint density at radius 1 is 0.969 bits per heavy atom. The molecule has 0 saturated carbocycles. The van der Waals surface area contributed by atoms with E-state index in [0.717, 1.165) is 54.8 Å². The highest BCUT2D eigenvalue weighted by atomic mass is 16.5. The van der Waals surface area contributed by atoms with Gasteiger partial charge in [0.2, 0.25) is 0 Å². The normalized spacial score (nSPS) is 17.5. The number of piperidine rings is 1. The first kappa shape index (κ1) is 22.1. The van der Waals surface area contributed by atoms with Crippen LogP contribution in [-0.4, -0.2) is 36.4 Å². The zero-order valence-corrected chi connectivity index (χ0v) is 19.5. The predicted octanol–water partition coefficient (Wildman–Crippen LogP) is 5.11. The molecule has 2 heterocycles. The number of imide groups is 1. The molecule has 2 aliphatic rings. The van der Waals surface area contributed by atoms with Crippen LogP contribution < -0.4 is 9.64 Å². The number of anilines is 1. The minimum Gasteiger partial charge on any atom is -0.494 e. The molecule has 0 spiro atoms. The van der Waals surface area contributed by atoms with Crippen LogP contribution in [-0.2, 0) is 9.59 Å². The van der Waals surface area contributed by atoms with Crippen molar-refractivity contribution in [2.24, 2.45) is 5.92 Å². The standard InChI is InChI=1S/C27H32N2O3/c1-5-17-32-22-11-9-21(10-12-22)24-25(28-15-13-18(2)14-16-28)27(31)29(26(24)30)23-8-6-7-19(3)20(23)4/h6-12,18H,5,13-17H2,1-4H3. The van der Waals surface area contributed by atoms with Gasteiger partial charge in [0.05, 0.1) is 17.9 Å². The van der Waals surface area contributed by atoms with Crippen LogP contribution in [0.25, 0.3) is 5.57 Å². The summed E-state index contributed by atoms with van der Waals surface area (Å²) in [5.41, 5.74) is 4.46. The highest BCUT2D eigenvalue weighted by molar-refractivity contribution is 6.45. The number of hydrogen-bond acceptors (Lipinski definition) is 4. The van der Waals surface area contributed by atoms with Crippen molar-refractivity contribution in [2.75, 3.05) is 24.6 Å². The van der Waals surface area contributed by atoms with Gasteiger partial charge in [-0.05, 0) is 73.9 Å². The lowest BCUT2D eigenvalue weighted by Crippen LogP contribution is -2.38. The lowest BCUT2D eigenvalue weighted by atomic mass is 9.97. The molecular weight excluding hydrogens is 400 g/mol. The predicted molar refractivity (Wildman–Crippen MR) is 128 cm³/mol. The van der Waals surface area contributed by atoms with E-state index >= 15 is 0 Å². The summed E-state index contributed by atoms with van der Waals surface area (Å²) in [6.45, 7) is 10.5. The summed E-state index contributed by atoms with van der Waals surface area (Å²) in [5.74, 6) is 0.930. The summed E-state index contributed by atoms with van der Waals surface area (Å²) >= 11 is 0. The molecule has 0 bridgehead atoms. The van der Waals surface area contributed by atoms with Gasteiger partial charge < -0.3 is 9.64 Å². The molecular formula is C27H32N2O3. The third-order valence-corrected chi connectivity index (χ3v) is 6.59. The molecule has 2 aromatic carbocycles. The SMILES string of the molecule is CCCOc1ccc(C2=C(N3CCC(C)CC3)C(=O)N(c3cccc(C)c3C)C2=O)cc1. The van der Waals surface area contributed by atoms with E-state index in [2.05, 4.69) is 18.7 Å². The molecule has 0 unspecified atom stereocenters. The monoisotopic (exact) mass is 432 g/mol. The Labute approximate surface area is 190 Å². The van der Waals surface area contributed by atoms with Crippen LogP contribution in [0.2, 0.25) is 0 Å². The summed E-state index contributed by atoms with van der Waals surface area (Å²) in [6, 6.07) is 13.3. The molecule has 0 aromatic heterocycles. The number of aryl methyl sites for hydroxylation is 1. The molecule has 0 radical (unpaired) electrons. The maximum Gasteiger partial charge on any atom is 0.282 e. The first-order valence-electron chi connectivity index (χ1n) is 11.6. The van der Waals surface area contributed by atoms with E-state index < -0.39 is 0 Å². The van der Waals surface area contributed by atoms with E-state index in [1.807, 2.05) is 56.3 Å². The summed E-state index contributed by atoms with van der Waals surface area (Å²) in [4.78, 5) is 31.0. The number of carbonyl (C=O) groups is 2. The van der Waals surface area contributed by atoms with E-state index in [9.17, 15) is 9.59 Å². The number of likely N-dealkylation sites (tertiary alicyclic amines) is 1. The Morgan fingerprint density at radius 2 is 1.66 bits per heavy atom. The van der Waals surface area contributed by atoms with Gasteiger partial charge in [-0.2, -0.15) is 0 Å². The Bertz CT molecular complexity index is 1050. The molecule has 2 aromatic rings. The first-order chi connectivity index (χ1) is 15.4. The van der Waals surface area contributed by atoms with Gasteiger partial charge in [-0.25, -0.2) is 4.90 Å². The average Bonchev–Trinajstić information content (AvgIpc) is 3.05. The molecule has 2 aliphatic heterocycles. The maximum atomic E-state index is 13.7. The van der Waals surface area contributed by atoms with Crippen LogP contribution in [0.3, 0.4) is 0 Å². The lowest BCUT2D eigenvalue weighted by Gasteiger charge is -2.32. The molecule has 2 amide bonds. The van der Waals surface area contributed by atoms with E-state index in [4.69, 9.17) is 4.74 Å². The highest BCUT2D eigenvalue weighted by Crippen LogP contribution is 2.38. The summed E-state index contributed by atoms with van der Waals surface area (Å²) in [6.07, 6.45) is 2.97. The molecule has 1 saturated heterocycles. The van der Waals surface area contributed by atoms with Gasteiger partial charge in [0.25, 0.3) is 11.8 Å². The van der Waals surface area contributed by atoms with Crippen molar-refractivity contribution in [3.05, 3.63) is 64.9 Å². The molecule has 0 atom stereocenters. The van der Waals surface area contributed by atoms with Crippen LogP contribution in [0.4, 0.5) is 5.69 Å². The number of rotatable bonds is 6. The van der Waals surface area contributed by atoms with Gasteiger partial charge in [-0.3, -0.25) is 9.59 Å². The van der Waals surface area contributed by atoms with Gasteiger partial charge in [0.1, 0.15) is 11.4 Å². The van der Waals surface area contributed by atoms with Crippen molar-refractivity contribution in [1.29, 1.82) is 0 Å². The van der Waals surface area contributed by atoms with Gasteiger partial charge in [0.15, 0.2) is 0 Å². The minimum atomic E-state index is -0.250. The van der Waals surface area contributed by atoms with Crippen LogP contribution in [0, 0.1) is 19.8 Å². The van der Waals surface area contributed by atoms with E-state index in [0.29, 0.717) is 29.5 Å². The van der Waals surface area contributed by atoms with Gasteiger partial charge in [-0.15, -0.1) is 0 Å². The molecule has 32 heavy (non-hydrogen) atoms. The zero-order chi connectivity index (χ0) is 22.8. The molecule has 1 fully saturated rings. The molecule has 5 nitrogen and oxygen atoms in total. The van der Waals surface area contributed by atoms with Crippen molar-refractivity contribution >= 4 is 23.1 Å². The van der Waals surface area contributed by atoms with Crippen LogP contribution >= 0.6 is 0 Å². The second-order valence-corrected chi connectivity index (χ2v) is 8.93. The number of hydrogen-bond donors (Lipinski definition) is 0. The fourth-order valence-corrected chi connectivity index (χ4v) is 4.44. The van der Waals surface area contributed by atoms with Crippen LogP contribution in [0.1, 0.15) is 49.8 Å². The number of amides is 2. The number of carbonyl (C=O) groups excluding carboxylic acids is 2. The van der Waals surface area contributed by atoms with E-state index in [1.165, 1.54) is 4.90 Å². The van der Waals surface area contributed by atoms with E-state index in [1.54, 1.807) is 0 Å². The maximum absolute atomic E-state index is 13.7. The Hall–Kier alpha value is -3.08. The second-order valence-electron chi connectivity index (χ2n) is 8.93. The molecule has 4 rings (SSSR count). The van der Waals surface area contributed by atoms with Crippen LogP contribution in [0.5, 0.6) is 5.75 Å². The fraction of sp³-hybridized carbons (Fsp3) is 0.407. The van der Waals surface area contributed by atoms with E-state index in [-0.39, 0.29) is 11.8 Å². The molecule has 0 N–H and O–H groups in total. The van der Waals surface area contributed by atoms with Crippen molar-refractivity contribution < 1.29 is 14.3 Å². The summed E-state index contributed by atoms with van der Waals surface area (Å²) in [5, 5.41) is 0. The summed E-state index contributed by atoms with van der Waals surface area (Å²) in [7, 11) is 0. The second kappa shape index (κ2) is 9.19. The van der Waals surface area contributed by atoms with Crippen molar-refractivity contribution in [2.45, 2.75) is 47.0 Å². The average molecular weight is 433 g/mol. The Morgan fingerprint density at radius 3 is 2.31 bits per heavy atom. The van der Waals surface area contributed by atoms with Crippen molar-refractivity contribution in [3.8, 4) is 5.75 Å². The minimum absolute atomic E-state index is 0.223. The number of nitrogens with zero attached hydrogens (tertiary/aromatic N) is 2. The van der Waals surface area contributed by atoms with Crippen molar-refractivity contribution in [1.82, 2.24) is 4.90 Å². The highest BCUT2D eigenvalue weighted by Gasteiger charge is 2.43. The molecule has 168 valence electrons. The summed E-state index contributed by atoms with van der Waals surface area (Å²) < 4.78 is 5.71. The third kappa shape index (κ3) is 4.04. The lowest BCUT2D eigenvalue weighted by molar-refractivity contribution is -0.120. The zero-order valence-electron chi connectivity index (χ0n) is 19.5. The molecule has 5 heteroatoms. The fourth-order valence-electron chi connectivity index (χ4n) is 4.44. The largest absolute Gasteiger partial charge is 0.494 e. The number of benzene rings is 2. The number of ether oxygens (including phenoxy) is 1. The van der Waals surface area contributed by atoms with Crippen LogP contribution in [0.15, 0.2) is 48.2 Å². The van der Waals surface area contributed by atoms with Gasteiger partial charge in [-0.1, -0.05) is 38.1 Å². The quantitative estimate of drug-likeness (QED) is 0.596. The topological polar surface area (TPSA) is 49.9 Å². The smallest absolute Gasteiger partial charge is 0.282 e. The molecule has 0 aliphatic carbocycles. The van der Waals surface area contributed by atoms with Gasteiger partial charge in [0, 0.05) is 13.1 Å².